The number of piperazine rings is 1. The number of hydrogen-bond donors (Lipinski definition) is 1. The molecule has 8 nitrogen and oxygen atoms in total. The second kappa shape index (κ2) is 10.9. The molecule has 0 bridgehead atoms. The number of carbonyl (C=O) groups is 1. The molecule has 5 rings (SSSR count). The van der Waals surface area contributed by atoms with Crippen molar-refractivity contribution in [2.75, 3.05) is 57.9 Å². The van der Waals surface area contributed by atoms with Crippen LogP contribution in [0.1, 0.15) is 0 Å². The molecule has 180 valence electrons. The summed E-state index contributed by atoms with van der Waals surface area (Å²) >= 11 is 1.64. The van der Waals surface area contributed by atoms with Gasteiger partial charge in [-0.15, -0.1) is 11.3 Å². The Balaban J connectivity index is 1.43. The molecule has 9 heteroatoms. The maximum atomic E-state index is 12.2. The van der Waals surface area contributed by atoms with Gasteiger partial charge in [-0.3, -0.25) is 14.7 Å². The number of pyridine rings is 1. The summed E-state index contributed by atoms with van der Waals surface area (Å²) in [5.74, 6) is 1.66. The predicted octanol–water partition coefficient (Wildman–Crippen LogP) is 3.30. The van der Waals surface area contributed by atoms with Gasteiger partial charge in [0.1, 0.15) is 10.6 Å². The SMILES string of the molecule is COCCNC(=O)CN1CCN(c2nc(-c3cccnc3)nc3scc(-c4ccccc4)c23)CC1. The Hall–Kier alpha value is -3.40. The summed E-state index contributed by atoms with van der Waals surface area (Å²) in [5.41, 5.74) is 3.21. The zero-order valence-corrected chi connectivity index (χ0v) is 20.5. The zero-order valence-electron chi connectivity index (χ0n) is 19.7. The highest BCUT2D eigenvalue weighted by Crippen LogP contribution is 2.39. The predicted molar refractivity (Wildman–Crippen MR) is 140 cm³/mol. The van der Waals surface area contributed by atoms with Crippen molar-refractivity contribution in [2.24, 2.45) is 0 Å². The average Bonchev–Trinajstić information content (AvgIpc) is 3.34. The fraction of sp³-hybridized carbons (Fsp3) is 0.308. The number of anilines is 1. The van der Waals surface area contributed by atoms with Crippen LogP contribution >= 0.6 is 11.3 Å². The number of aromatic nitrogens is 3. The van der Waals surface area contributed by atoms with Gasteiger partial charge >= 0.3 is 0 Å². The number of nitrogens with zero attached hydrogens (tertiary/aromatic N) is 5. The number of methoxy groups -OCH3 is 1. The van der Waals surface area contributed by atoms with Crippen molar-refractivity contribution in [3.8, 4) is 22.5 Å². The minimum atomic E-state index is 0.0305. The summed E-state index contributed by atoms with van der Waals surface area (Å²) in [4.78, 5) is 31.9. The van der Waals surface area contributed by atoms with Gasteiger partial charge in [-0.1, -0.05) is 30.3 Å². The number of thiophene rings is 1. The van der Waals surface area contributed by atoms with Gasteiger partial charge in [0.05, 0.1) is 18.5 Å². The van der Waals surface area contributed by atoms with Crippen molar-refractivity contribution in [3.05, 3.63) is 60.2 Å². The van der Waals surface area contributed by atoms with E-state index in [1.807, 2.05) is 18.2 Å². The molecule has 1 aromatic carbocycles. The first-order valence-corrected chi connectivity index (χ1v) is 12.6. The fourth-order valence-electron chi connectivity index (χ4n) is 4.28. The number of nitrogens with one attached hydrogen (secondary N) is 1. The van der Waals surface area contributed by atoms with Crippen LogP contribution in [0.3, 0.4) is 0 Å². The van der Waals surface area contributed by atoms with Gasteiger partial charge in [-0.2, -0.15) is 0 Å². The number of benzene rings is 1. The largest absolute Gasteiger partial charge is 0.383 e. The van der Waals surface area contributed by atoms with E-state index in [1.165, 1.54) is 0 Å². The third kappa shape index (κ3) is 5.32. The lowest BCUT2D eigenvalue weighted by Gasteiger charge is -2.35. The lowest BCUT2D eigenvalue weighted by molar-refractivity contribution is -0.122. The molecule has 0 saturated carbocycles. The lowest BCUT2D eigenvalue weighted by atomic mass is 10.1. The number of rotatable bonds is 8. The normalized spacial score (nSPS) is 14.4. The van der Waals surface area contributed by atoms with E-state index in [0.717, 1.165) is 58.9 Å². The quantitative estimate of drug-likeness (QED) is 0.381. The van der Waals surface area contributed by atoms with Crippen LogP contribution < -0.4 is 10.2 Å². The Morgan fingerprint density at radius 1 is 1.06 bits per heavy atom. The van der Waals surface area contributed by atoms with Crippen molar-refractivity contribution in [3.63, 3.8) is 0 Å². The molecule has 0 atom stereocenters. The van der Waals surface area contributed by atoms with Gasteiger partial charge in [0.2, 0.25) is 5.91 Å². The van der Waals surface area contributed by atoms with Crippen LogP contribution in [-0.2, 0) is 9.53 Å². The first kappa shape index (κ1) is 23.3. The molecule has 1 aliphatic rings. The highest BCUT2D eigenvalue weighted by molar-refractivity contribution is 7.17. The van der Waals surface area contributed by atoms with Crippen LogP contribution in [0.2, 0.25) is 0 Å². The van der Waals surface area contributed by atoms with E-state index >= 15 is 0 Å². The van der Waals surface area contributed by atoms with Crippen molar-refractivity contribution >= 4 is 33.3 Å². The Labute approximate surface area is 208 Å². The second-order valence-electron chi connectivity index (χ2n) is 8.41. The number of ether oxygens (including phenoxy) is 1. The molecule has 1 saturated heterocycles. The van der Waals surface area contributed by atoms with E-state index in [9.17, 15) is 4.79 Å². The molecule has 4 aromatic rings. The van der Waals surface area contributed by atoms with Crippen LogP contribution in [0, 0.1) is 0 Å². The Bertz CT molecular complexity index is 1270. The number of fused-ring (bicyclic) bond motifs is 1. The van der Waals surface area contributed by atoms with Gasteiger partial charge in [0, 0.05) is 68.7 Å². The van der Waals surface area contributed by atoms with Gasteiger partial charge < -0.3 is 15.0 Å². The number of hydrogen-bond acceptors (Lipinski definition) is 8. The first-order chi connectivity index (χ1) is 17.2. The van der Waals surface area contributed by atoms with E-state index in [-0.39, 0.29) is 5.91 Å². The van der Waals surface area contributed by atoms with Crippen LogP contribution in [0.15, 0.2) is 60.2 Å². The summed E-state index contributed by atoms with van der Waals surface area (Å²) < 4.78 is 5.01. The van der Waals surface area contributed by atoms with Gasteiger partial charge in [-0.25, -0.2) is 9.97 Å². The second-order valence-corrected chi connectivity index (χ2v) is 9.27. The summed E-state index contributed by atoms with van der Waals surface area (Å²) in [6, 6.07) is 14.3. The van der Waals surface area contributed by atoms with Crippen LogP contribution in [-0.4, -0.2) is 78.7 Å². The molecule has 1 amide bonds. The smallest absolute Gasteiger partial charge is 0.234 e. The van der Waals surface area contributed by atoms with E-state index in [4.69, 9.17) is 14.7 Å². The minimum absolute atomic E-state index is 0.0305. The van der Waals surface area contributed by atoms with Crippen LogP contribution in [0.25, 0.3) is 32.7 Å². The molecule has 1 fully saturated rings. The summed E-state index contributed by atoms with van der Waals surface area (Å²) in [7, 11) is 1.63. The highest BCUT2D eigenvalue weighted by Gasteiger charge is 2.25. The molecule has 0 unspecified atom stereocenters. The first-order valence-electron chi connectivity index (χ1n) is 11.7. The Morgan fingerprint density at radius 2 is 1.86 bits per heavy atom. The average molecular weight is 489 g/mol. The van der Waals surface area contributed by atoms with Gasteiger partial charge in [0.15, 0.2) is 5.82 Å². The third-order valence-electron chi connectivity index (χ3n) is 6.09. The zero-order chi connectivity index (χ0) is 24.0. The molecule has 3 aromatic heterocycles. The van der Waals surface area contributed by atoms with E-state index in [2.05, 4.69) is 49.7 Å². The standard InChI is InChI=1S/C26H28N6O2S/c1-34-15-10-28-22(33)17-31-11-13-32(14-12-31)25-23-21(19-6-3-2-4-7-19)18-35-26(23)30-24(29-25)20-8-5-9-27-16-20/h2-9,16,18H,10-15,17H2,1H3,(H,28,33). The van der Waals surface area contributed by atoms with Crippen molar-refractivity contribution in [2.45, 2.75) is 0 Å². The lowest BCUT2D eigenvalue weighted by Crippen LogP contribution is -2.50. The molecular weight excluding hydrogens is 460 g/mol. The fourth-order valence-corrected chi connectivity index (χ4v) is 5.22. The Kier molecular flexibility index (Phi) is 7.27. The molecule has 1 N–H and O–H groups in total. The van der Waals surface area contributed by atoms with Crippen molar-refractivity contribution in [1.29, 1.82) is 0 Å². The third-order valence-corrected chi connectivity index (χ3v) is 6.96. The topological polar surface area (TPSA) is 83.5 Å². The molecule has 0 spiro atoms. The van der Waals surface area contributed by atoms with Crippen LogP contribution in [0.5, 0.6) is 0 Å². The van der Waals surface area contributed by atoms with E-state index in [0.29, 0.717) is 25.5 Å². The van der Waals surface area contributed by atoms with Crippen LogP contribution in [0.4, 0.5) is 5.82 Å². The molecule has 0 aliphatic carbocycles. The number of amides is 1. The number of carbonyl (C=O) groups excluding carboxylic acids is 1. The molecule has 1 aliphatic heterocycles. The summed E-state index contributed by atoms with van der Waals surface area (Å²) in [6.45, 7) is 4.60. The van der Waals surface area contributed by atoms with Gasteiger partial charge in [-0.05, 0) is 17.7 Å². The highest BCUT2D eigenvalue weighted by atomic mass is 32.1. The molecule has 35 heavy (non-hydrogen) atoms. The van der Waals surface area contributed by atoms with Gasteiger partial charge in [0.25, 0.3) is 0 Å². The summed E-state index contributed by atoms with van der Waals surface area (Å²) in [5, 5.41) is 6.16. The molecular formula is C26H28N6O2S. The van der Waals surface area contributed by atoms with Crippen molar-refractivity contribution < 1.29 is 9.53 Å². The maximum Gasteiger partial charge on any atom is 0.234 e. The Morgan fingerprint density at radius 3 is 2.60 bits per heavy atom. The maximum absolute atomic E-state index is 12.2. The minimum Gasteiger partial charge on any atom is -0.383 e. The molecule has 4 heterocycles. The van der Waals surface area contributed by atoms with E-state index in [1.54, 1.807) is 30.8 Å². The van der Waals surface area contributed by atoms with E-state index < -0.39 is 0 Å². The van der Waals surface area contributed by atoms with Crippen molar-refractivity contribution in [1.82, 2.24) is 25.2 Å². The molecule has 0 radical (unpaired) electrons. The monoisotopic (exact) mass is 488 g/mol. The summed E-state index contributed by atoms with van der Waals surface area (Å²) in [6.07, 6.45) is 3.56.